The molecule has 120 valence electrons. The van der Waals surface area contributed by atoms with Gasteiger partial charge in [-0.2, -0.15) is 0 Å². The van der Waals surface area contributed by atoms with E-state index in [4.69, 9.17) is 0 Å². The maximum Gasteiger partial charge on any atom is 0.243 e. The van der Waals surface area contributed by atoms with Gasteiger partial charge in [0.15, 0.2) is 0 Å². The number of allylic oxidation sites excluding steroid dienone is 1. The number of benzene rings is 1. The summed E-state index contributed by atoms with van der Waals surface area (Å²) in [5.41, 5.74) is 0.413. The Bertz CT molecular complexity index is 534. The minimum Gasteiger partial charge on any atom is -0.352 e. The van der Waals surface area contributed by atoms with Gasteiger partial charge in [0.1, 0.15) is 5.82 Å². The molecule has 22 heavy (non-hydrogen) atoms. The Labute approximate surface area is 132 Å². The summed E-state index contributed by atoms with van der Waals surface area (Å²) in [6.45, 7) is 4.29. The molecule has 0 spiro atoms. The fraction of sp³-hybridized carbons (Fsp3) is 0.500. The molecule has 3 nitrogen and oxygen atoms in total. The Hall–Kier alpha value is -1.68. The molecule has 4 heteroatoms. The first-order valence-corrected chi connectivity index (χ1v) is 7.95. The first-order chi connectivity index (χ1) is 10.6. The molecule has 0 unspecified atom stereocenters. The van der Waals surface area contributed by atoms with Crippen LogP contribution < -0.4 is 5.32 Å². The van der Waals surface area contributed by atoms with Crippen LogP contribution in [-0.4, -0.2) is 37.5 Å². The van der Waals surface area contributed by atoms with Crippen LogP contribution in [0.5, 0.6) is 0 Å². The van der Waals surface area contributed by atoms with Gasteiger partial charge < -0.3 is 10.2 Å². The van der Waals surface area contributed by atoms with Gasteiger partial charge in [0.05, 0.1) is 0 Å². The second kappa shape index (κ2) is 7.54. The van der Waals surface area contributed by atoms with Crippen LogP contribution in [0.2, 0.25) is 0 Å². The van der Waals surface area contributed by atoms with Crippen LogP contribution in [0.4, 0.5) is 4.39 Å². The summed E-state index contributed by atoms with van der Waals surface area (Å²) in [6.07, 6.45) is 5.92. The van der Waals surface area contributed by atoms with Gasteiger partial charge in [0.25, 0.3) is 0 Å². The van der Waals surface area contributed by atoms with Crippen molar-refractivity contribution in [3.05, 3.63) is 47.8 Å². The van der Waals surface area contributed by atoms with Crippen molar-refractivity contribution >= 4 is 5.91 Å². The lowest BCUT2D eigenvalue weighted by molar-refractivity contribution is -0.116. The normalized spacial score (nSPS) is 18.5. The van der Waals surface area contributed by atoms with Crippen molar-refractivity contribution in [2.24, 2.45) is 0 Å². The number of piperidine rings is 1. The first-order valence-electron chi connectivity index (χ1n) is 7.95. The summed E-state index contributed by atoms with van der Waals surface area (Å²) in [6, 6.07) is 6.95. The molecule has 0 radical (unpaired) electrons. The number of hydrogen-bond acceptors (Lipinski definition) is 2. The average molecular weight is 304 g/mol. The van der Waals surface area contributed by atoms with Gasteiger partial charge in [0, 0.05) is 12.0 Å². The number of rotatable bonds is 5. The van der Waals surface area contributed by atoms with Crippen molar-refractivity contribution in [1.29, 1.82) is 0 Å². The number of hydrogen-bond donors (Lipinski definition) is 1. The highest BCUT2D eigenvalue weighted by Crippen LogP contribution is 2.36. The SMILES string of the molecule is CC/C=C/C(=O)NCC1(c2ccccc2F)CCN(C)CC1. The highest BCUT2D eigenvalue weighted by molar-refractivity contribution is 5.87. The number of likely N-dealkylation sites (tertiary alicyclic amines) is 1. The second-order valence-electron chi connectivity index (χ2n) is 6.09. The van der Waals surface area contributed by atoms with Gasteiger partial charge >= 0.3 is 0 Å². The van der Waals surface area contributed by atoms with Crippen LogP contribution in [0.1, 0.15) is 31.7 Å². The van der Waals surface area contributed by atoms with E-state index in [1.807, 2.05) is 25.1 Å². The summed E-state index contributed by atoms with van der Waals surface area (Å²) >= 11 is 0. The second-order valence-corrected chi connectivity index (χ2v) is 6.09. The minimum absolute atomic E-state index is 0.100. The van der Waals surface area contributed by atoms with Gasteiger partial charge in [-0.15, -0.1) is 0 Å². The topological polar surface area (TPSA) is 32.3 Å². The number of halogens is 1. The fourth-order valence-corrected chi connectivity index (χ4v) is 3.02. The lowest BCUT2D eigenvalue weighted by atomic mass is 9.72. The maximum absolute atomic E-state index is 14.3. The smallest absolute Gasteiger partial charge is 0.243 e. The highest BCUT2D eigenvalue weighted by Gasteiger charge is 2.37. The Morgan fingerprint density at radius 1 is 1.36 bits per heavy atom. The average Bonchev–Trinajstić information content (AvgIpc) is 2.53. The summed E-state index contributed by atoms with van der Waals surface area (Å²) in [5, 5.41) is 2.96. The van der Waals surface area contributed by atoms with Gasteiger partial charge in [-0.05, 0) is 57.1 Å². The Balaban J connectivity index is 2.18. The maximum atomic E-state index is 14.3. The third kappa shape index (κ3) is 3.95. The molecule has 1 aromatic carbocycles. The Kier molecular flexibility index (Phi) is 5.72. The minimum atomic E-state index is -0.312. The number of amides is 1. The van der Waals surface area contributed by atoms with Crippen LogP contribution >= 0.6 is 0 Å². The zero-order chi connectivity index (χ0) is 16.0. The molecule has 2 rings (SSSR count). The fourth-order valence-electron chi connectivity index (χ4n) is 3.02. The Morgan fingerprint density at radius 2 is 2.05 bits per heavy atom. The molecule has 1 amide bonds. The van der Waals surface area contributed by atoms with Gasteiger partial charge in [-0.3, -0.25) is 4.79 Å². The zero-order valence-electron chi connectivity index (χ0n) is 13.4. The molecule has 0 aromatic heterocycles. The molecule has 0 bridgehead atoms. The van der Waals surface area contributed by atoms with Crippen LogP contribution in [0, 0.1) is 5.82 Å². The number of nitrogens with one attached hydrogen (secondary N) is 1. The van der Waals surface area contributed by atoms with E-state index in [2.05, 4.69) is 17.3 Å². The monoisotopic (exact) mass is 304 g/mol. The van der Waals surface area contributed by atoms with Crippen molar-refractivity contribution in [3.63, 3.8) is 0 Å². The standard InChI is InChI=1S/C18H25FN2O/c1-3-4-9-17(22)20-14-18(10-12-21(2)13-11-18)15-7-5-6-8-16(15)19/h4-9H,3,10-14H2,1-2H3,(H,20,22)/b9-4+. The van der Waals surface area contributed by atoms with Crippen LogP contribution in [0.15, 0.2) is 36.4 Å². The number of carbonyl (C=O) groups excluding carboxylic acids is 1. The summed E-state index contributed by atoms with van der Waals surface area (Å²) in [4.78, 5) is 14.1. The van der Waals surface area contributed by atoms with Crippen LogP contribution in [0.3, 0.4) is 0 Å². The van der Waals surface area contributed by atoms with Crippen molar-refractivity contribution in [3.8, 4) is 0 Å². The third-order valence-electron chi connectivity index (χ3n) is 4.50. The number of carbonyl (C=O) groups is 1. The molecular weight excluding hydrogens is 279 g/mol. The molecule has 1 aromatic rings. The molecule has 1 aliphatic heterocycles. The van der Waals surface area contributed by atoms with E-state index < -0.39 is 0 Å². The van der Waals surface area contributed by atoms with E-state index in [1.54, 1.807) is 12.1 Å². The van der Waals surface area contributed by atoms with Gasteiger partial charge in [-0.25, -0.2) is 4.39 Å². The van der Waals surface area contributed by atoms with E-state index in [0.717, 1.165) is 37.9 Å². The number of nitrogens with zero attached hydrogens (tertiary/aromatic N) is 1. The van der Waals surface area contributed by atoms with Gasteiger partial charge in [0.2, 0.25) is 5.91 Å². The lowest BCUT2D eigenvalue weighted by Gasteiger charge is -2.41. The molecule has 0 atom stereocenters. The van der Waals surface area contributed by atoms with Crippen molar-refractivity contribution < 1.29 is 9.18 Å². The first kappa shape index (κ1) is 16.7. The largest absolute Gasteiger partial charge is 0.352 e. The van der Waals surface area contributed by atoms with E-state index in [9.17, 15) is 9.18 Å². The molecule has 1 N–H and O–H groups in total. The highest BCUT2D eigenvalue weighted by atomic mass is 19.1. The van der Waals surface area contributed by atoms with Gasteiger partial charge in [-0.1, -0.05) is 31.2 Å². The molecule has 0 saturated carbocycles. The van der Waals surface area contributed by atoms with Crippen LogP contribution in [0.25, 0.3) is 0 Å². The summed E-state index contributed by atoms with van der Waals surface area (Å²) in [5.74, 6) is -0.276. The molecular formula is C18H25FN2O. The molecule has 0 aliphatic carbocycles. The van der Waals surface area contributed by atoms with Crippen LogP contribution in [-0.2, 0) is 10.2 Å². The van der Waals surface area contributed by atoms with Crippen molar-refractivity contribution in [2.75, 3.05) is 26.7 Å². The van der Waals surface area contributed by atoms with Crippen molar-refractivity contribution in [2.45, 2.75) is 31.6 Å². The Morgan fingerprint density at radius 3 is 2.68 bits per heavy atom. The summed E-state index contributed by atoms with van der Waals surface area (Å²) in [7, 11) is 2.08. The molecule has 1 aliphatic rings. The van der Waals surface area contributed by atoms with E-state index in [-0.39, 0.29) is 17.1 Å². The molecule has 1 saturated heterocycles. The predicted octanol–water partition coefficient (Wildman–Crippen LogP) is 2.87. The van der Waals surface area contributed by atoms with E-state index >= 15 is 0 Å². The van der Waals surface area contributed by atoms with E-state index in [0.29, 0.717) is 6.54 Å². The molecule has 1 heterocycles. The lowest BCUT2D eigenvalue weighted by Crippen LogP contribution is -2.48. The third-order valence-corrected chi connectivity index (χ3v) is 4.50. The van der Waals surface area contributed by atoms with Crippen molar-refractivity contribution in [1.82, 2.24) is 10.2 Å². The predicted molar refractivity (Wildman–Crippen MR) is 87.2 cm³/mol. The summed E-state index contributed by atoms with van der Waals surface area (Å²) < 4.78 is 14.3. The van der Waals surface area contributed by atoms with E-state index in [1.165, 1.54) is 6.07 Å². The molecule has 1 fully saturated rings. The zero-order valence-corrected chi connectivity index (χ0v) is 13.4. The quantitative estimate of drug-likeness (QED) is 0.848.